The van der Waals surface area contributed by atoms with Gasteiger partial charge in [-0.1, -0.05) is 50.5 Å². The average Bonchev–Trinajstić information content (AvgIpc) is 2.42. The van der Waals surface area contributed by atoms with Crippen LogP contribution in [0.3, 0.4) is 0 Å². The molecule has 5 heteroatoms. The van der Waals surface area contributed by atoms with Crippen LogP contribution in [0.25, 0.3) is 10.8 Å². The quantitative estimate of drug-likeness (QED) is 0.452. The van der Waals surface area contributed by atoms with E-state index in [2.05, 4.69) is 13.0 Å². The van der Waals surface area contributed by atoms with Crippen LogP contribution in [0.5, 0.6) is 0 Å². The Labute approximate surface area is 148 Å². The Hall–Kier alpha value is -0.390. The maximum absolute atomic E-state index is 11.0. The Kier molecular flexibility index (Phi) is 7.37. The summed E-state index contributed by atoms with van der Waals surface area (Å²) in [6, 6.07) is 10.5. The van der Waals surface area contributed by atoms with Crippen molar-refractivity contribution in [2.45, 2.75) is 43.9 Å². The fourth-order valence-corrected chi connectivity index (χ4v) is 2.85. The Morgan fingerprint density at radius 2 is 1.67 bits per heavy atom. The van der Waals surface area contributed by atoms with Gasteiger partial charge in [0.15, 0.2) is 0 Å². The molecular weight excluding hydrogens is 295 g/mol. The van der Waals surface area contributed by atoms with Gasteiger partial charge in [-0.15, -0.1) is 0 Å². The molecule has 0 aliphatic heterocycles. The zero-order valence-corrected chi connectivity index (χ0v) is 15.4. The third-order valence-electron chi connectivity index (χ3n) is 3.48. The molecular formula is C16H19NaO3S. The number of hydrogen-bond donors (Lipinski definition) is 0. The Morgan fingerprint density at radius 1 is 0.952 bits per heavy atom. The van der Waals surface area contributed by atoms with E-state index in [1.54, 1.807) is 6.07 Å². The normalized spacial score (nSPS) is 11.3. The zero-order valence-electron chi connectivity index (χ0n) is 12.6. The summed E-state index contributed by atoms with van der Waals surface area (Å²) in [5.41, 5.74) is 1.19. The molecule has 0 heterocycles. The number of rotatable bonds is 6. The smallest absolute Gasteiger partial charge is 0.744 e. The molecule has 0 amide bonds. The number of hydrogen-bond acceptors (Lipinski definition) is 3. The van der Waals surface area contributed by atoms with Crippen LogP contribution < -0.4 is 29.6 Å². The predicted molar refractivity (Wildman–Crippen MR) is 79.8 cm³/mol. The van der Waals surface area contributed by atoms with Gasteiger partial charge in [0.1, 0.15) is 10.1 Å². The molecule has 0 saturated heterocycles. The molecule has 0 atom stereocenters. The molecule has 108 valence electrons. The van der Waals surface area contributed by atoms with Gasteiger partial charge in [-0.3, -0.25) is 0 Å². The van der Waals surface area contributed by atoms with Crippen molar-refractivity contribution in [3.63, 3.8) is 0 Å². The van der Waals surface area contributed by atoms with Crippen LogP contribution in [0, 0.1) is 0 Å². The summed E-state index contributed by atoms with van der Waals surface area (Å²) in [6.07, 6.45) is 5.79. The Balaban J connectivity index is 0.00000220. The maximum Gasteiger partial charge on any atom is 1.00 e. The van der Waals surface area contributed by atoms with Gasteiger partial charge in [0.2, 0.25) is 0 Å². The van der Waals surface area contributed by atoms with Crippen LogP contribution in [-0.4, -0.2) is 13.0 Å². The first-order valence-corrected chi connectivity index (χ1v) is 8.40. The van der Waals surface area contributed by atoms with Crippen LogP contribution >= 0.6 is 0 Å². The van der Waals surface area contributed by atoms with E-state index in [0.29, 0.717) is 0 Å². The van der Waals surface area contributed by atoms with E-state index in [-0.39, 0.29) is 34.5 Å². The first kappa shape index (κ1) is 18.7. The second kappa shape index (κ2) is 8.30. The number of aryl methyl sites for hydroxylation is 1. The van der Waals surface area contributed by atoms with Crippen molar-refractivity contribution in [1.29, 1.82) is 0 Å². The molecule has 0 spiro atoms. The minimum atomic E-state index is -4.38. The van der Waals surface area contributed by atoms with Crippen molar-refractivity contribution in [2.24, 2.45) is 0 Å². The molecule has 0 N–H and O–H groups in total. The molecule has 2 rings (SSSR count). The van der Waals surface area contributed by atoms with Gasteiger partial charge in [0.25, 0.3) is 0 Å². The van der Waals surface area contributed by atoms with Crippen molar-refractivity contribution in [3.8, 4) is 0 Å². The fourth-order valence-electron chi connectivity index (χ4n) is 2.34. The number of fused-ring (bicyclic) bond motifs is 1. The summed E-state index contributed by atoms with van der Waals surface area (Å²) < 4.78 is 33.1. The number of unbranched alkanes of at least 4 members (excludes halogenated alkanes) is 3. The minimum Gasteiger partial charge on any atom is -0.744 e. The van der Waals surface area contributed by atoms with Crippen molar-refractivity contribution < 1.29 is 42.5 Å². The molecule has 0 fully saturated rings. The van der Waals surface area contributed by atoms with Crippen molar-refractivity contribution in [1.82, 2.24) is 0 Å². The van der Waals surface area contributed by atoms with Gasteiger partial charge >= 0.3 is 29.6 Å². The summed E-state index contributed by atoms with van der Waals surface area (Å²) in [5.74, 6) is 0. The average molecular weight is 314 g/mol. The Bertz CT molecular complexity index is 696. The molecule has 0 aliphatic carbocycles. The van der Waals surface area contributed by atoms with Gasteiger partial charge in [-0.25, -0.2) is 8.42 Å². The molecule has 2 aromatic carbocycles. The first-order valence-electron chi connectivity index (χ1n) is 6.99. The van der Waals surface area contributed by atoms with Crippen LogP contribution in [0.4, 0.5) is 0 Å². The molecule has 0 bridgehead atoms. The summed E-state index contributed by atoms with van der Waals surface area (Å²) in [5, 5.41) is 1.77. The van der Waals surface area contributed by atoms with Gasteiger partial charge in [-0.05, 0) is 41.3 Å². The third kappa shape index (κ3) is 5.38. The van der Waals surface area contributed by atoms with Gasteiger partial charge < -0.3 is 4.55 Å². The maximum atomic E-state index is 11.0. The van der Waals surface area contributed by atoms with E-state index in [1.807, 2.05) is 12.1 Å². The summed E-state index contributed by atoms with van der Waals surface area (Å²) in [4.78, 5) is -0.159. The van der Waals surface area contributed by atoms with E-state index in [1.165, 1.54) is 37.0 Å². The van der Waals surface area contributed by atoms with Crippen LogP contribution in [-0.2, 0) is 16.5 Å². The summed E-state index contributed by atoms with van der Waals surface area (Å²) in [6.45, 7) is 2.18. The fraction of sp³-hybridized carbons (Fsp3) is 0.375. The molecule has 21 heavy (non-hydrogen) atoms. The Morgan fingerprint density at radius 3 is 2.33 bits per heavy atom. The van der Waals surface area contributed by atoms with Gasteiger partial charge in [0.05, 0.1) is 4.90 Å². The zero-order chi connectivity index (χ0) is 14.6. The van der Waals surface area contributed by atoms with E-state index in [4.69, 9.17) is 0 Å². The minimum absolute atomic E-state index is 0. The predicted octanol–water partition coefficient (Wildman–Crippen LogP) is 0.871. The standard InChI is InChI=1S/C16H20O3S.Na/c1-2-3-4-5-6-13-7-8-14-9-10-16(20(17,18)19)12-15(14)11-13;/h7-12H,2-6H2,1H3,(H,17,18,19);/q;+1/p-1. The van der Waals surface area contributed by atoms with Crippen molar-refractivity contribution in [2.75, 3.05) is 0 Å². The molecule has 0 unspecified atom stereocenters. The van der Waals surface area contributed by atoms with E-state index < -0.39 is 10.1 Å². The van der Waals surface area contributed by atoms with E-state index >= 15 is 0 Å². The molecule has 0 saturated carbocycles. The SMILES string of the molecule is CCCCCCc1ccc2ccc(S(=O)(=O)[O-])cc2c1.[Na+]. The molecule has 0 radical (unpaired) electrons. The second-order valence-corrected chi connectivity index (χ2v) is 6.49. The van der Waals surface area contributed by atoms with E-state index in [0.717, 1.165) is 23.6 Å². The monoisotopic (exact) mass is 314 g/mol. The van der Waals surface area contributed by atoms with Crippen LogP contribution in [0.15, 0.2) is 41.3 Å². The molecule has 0 aromatic heterocycles. The van der Waals surface area contributed by atoms with E-state index in [9.17, 15) is 13.0 Å². The molecule has 3 nitrogen and oxygen atoms in total. The first-order chi connectivity index (χ1) is 9.50. The van der Waals surface area contributed by atoms with Crippen molar-refractivity contribution >= 4 is 20.9 Å². The third-order valence-corrected chi connectivity index (χ3v) is 4.32. The topological polar surface area (TPSA) is 57.2 Å². The van der Waals surface area contributed by atoms with Crippen LogP contribution in [0.2, 0.25) is 0 Å². The largest absolute Gasteiger partial charge is 1.00 e. The van der Waals surface area contributed by atoms with Gasteiger partial charge in [-0.2, -0.15) is 0 Å². The molecule has 0 aliphatic rings. The summed E-state index contributed by atoms with van der Waals surface area (Å²) in [7, 11) is -4.38. The molecule has 2 aromatic rings. The second-order valence-electron chi connectivity index (χ2n) is 5.11. The summed E-state index contributed by atoms with van der Waals surface area (Å²) >= 11 is 0. The van der Waals surface area contributed by atoms with Crippen molar-refractivity contribution in [3.05, 3.63) is 42.0 Å². The van der Waals surface area contributed by atoms with Gasteiger partial charge in [0, 0.05) is 0 Å². The van der Waals surface area contributed by atoms with Crippen LogP contribution in [0.1, 0.15) is 38.2 Å². The number of benzene rings is 2.